The van der Waals surface area contributed by atoms with Gasteiger partial charge in [0.1, 0.15) is 5.69 Å². The molecule has 1 aliphatic rings. The van der Waals surface area contributed by atoms with Crippen LogP contribution in [0.1, 0.15) is 24.3 Å². The van der Waals surface area contributed by atoms with Gasteiger partial charge >= 0.3 is 0 Å². The molecular weight excluding hydrogens is 398 g/mol. The first-order valence-electron chi connectivity index (χ1n) is 7.75. The van der Waals surface area contributed by atoms with Crippen LogP contribution < -0.4 is 0 Å². The number of carbonyl (C=O) groups excluding carboxylic acids is 1. The molecule has 3 heterocycles. The van der Waals surface area contributed by atoms with Crippen molar-refractivity contribution in [1.29, 1.82) is 0 Å². The number of hydrogen-bond donors (Lipinski definition) is 0. The summed E-state index contributed by atoms with van der Waals surface area (Å²) in [5, 5.41) is -0.446. The number of amides is 1. The molecule has 9 heteroatoms. The van der Waals surface area contributed by atoms with Crippen LogP contribution in [0.3, 0.4) is 0 Å². The minimum Gasteiger partial charge on any atom is -0.448 e. The highest BCUT2D eigenvalue weighted by molar-refractivity contribution is 9.10. The van der Waals surface area contributed by atoms with Gasteiger partial charge in [0.05, 0.1) is 10.8 Å². The van der Waals surface area contributed by atoms with Crippen LogP contribution in [0, 0.1) is 0 Å². The lowest BCUT2D eigenvalue weighted by Crippen LogP contribution is -2.52. The molecule has 0 aliphatic carbocycles. The van der Waals surface area contributed by atoms with Crippen LogP contribution in [0.2, 0.25) is 0 Å². The van der Waals surface area contributed by atoms with Gasteiger partial charge in [-0.2, -0.15) is 4.31 Å². The van der Waals surface area contributed by atoms with Crippen LogP contribution >= 0.6 is 15.9 Å². The average Bonchev–Trinajstić information content (AvgIpc) is 3.04. The van der Waals surface area contributed by atoms with Crippen molar-refractivity contribution in [2.45, 2.75) is 19.1 Å². The number of carbonyl (C=O) groups is 1. The summed E-state index contributed by atoms with van der Waals surface area (Å²) in [6.07, 6.45) is 0. The third kappa shape index (κ3) is 2.89. The van der Waals surface area contributed by atoms with Gasteiger partial charge in [0, 0.05) is 45.4 Å². The van der Waals surface area contributed by atoms with E-state index in [2.05, 4.69) is 15.9 Å². The molecule has 7 nitrogen and oxygen atoms in total. The molecule has 0 N–H and O–H groups in total. The molecule has 0 aromatic carbocycles. The van der Waals surface area contributed by atoms with E-state index in [0.29, 0.717) is 42.1 Å². The highest BCUT2D eigenvalue weighted by atomic mass is 79.9. The normalized spacial score (nSPS) is 17.1. The predicted molar refractivity (Wildman–Crippen MR) is 94.4 cm³/mol. The number of rotatable bonds is 3. The molecule has 0 spiro atoms. The van der Waals surface area contributed by atoms with E-state index in [-0.39, 0.29) is 5.91 Å². The Morgan fingerprint density at radius 2 is 1.83 bits per heavy atom. The predicted octanol–water partition coefficient (Wildman–Crippen LogP) is 2.03. The minimum absolute atomic E-state index is 0.110. The Morgan fingerprint density at radius 3 is 2.38 bits per heavy atom. The van der Waals surface area contributed by atoms with Crippen molar-refractivity contribution in [3.63, 3.8) is 0 Å². The van der Waals surface area contributed by atoms with Gasteiger partial charge in [-0.1, -0.05) is 0 Å². The average molecular weight is 418 g/mol. The smallest absolute Gasteiger partial charge is 0.270 e. The molecular formula is C15H20BrN3O4S. The Balaban J connectivity index is 1.75. The number of aryl methyl sites for hydroxylation is 1. The SMILES string of the molecule is CC(C)S(=O)(=O)N1CCN(C(=O)c2cc3oc(Br)cc3n2C)CC1. The Hall–Kier alpha value is -1.32. The summed E-state index contributed by atoms with van der Waals surface area (Å²) in [6, 6.07) is 3.54. The summed E-state index contributed by atoms with van der Waals surface area (Å²) >= 11 is 3.28. The third-order valence-electron chi connectivity index (χ3n) is 4.40. The largest absolute Gasteiger partial charge is 0.448 e. The summed E-state index contributed by atoms with van der Waals surface area (Å²) in [4.78, 5) is 14.4. The fourth-order valence-electron chi connectivity index (χ4n) is 2.89. The van der Waals surface area contributed by atoms with E-state index < -0.39 is 15.3 Å². The molecule has 2 aromatic rings. The van der Waals surface area contributed by atoms with E-state index in [0.717, 1.165) is 5.52 Å². The molecule has 1 amide bonds. The van der Waals surface area contributed by atoms with Gasteiger partial charge < -0.3 is 13.9 Å². The van der Waals surface area contributed by atoms with Gasteiger partial charge in [-0.25, -0.2) is 8.42 Å². The maximum absolute atomic E-state index is 12.7. The van der Waals surface area contributed by atoms with E-state index in [1.807, 2.05) is 13.1 Å². The third-order valence-corrected chi connectivity index (χ3v) is 7.07. The van der Waals surface area contributed by atoms with Crippen molar-refractivity contribution >= 4 is 43.0 Å². The Kier molecular flexibility index (Phi) is 4.52. The van der Waals surface area contributed by atoms with Gasteiger partial charge in [-0.15, -0.1) is 0 Å². The first kappa shape index (κ1) is 17.5. The number of piperazine rings is 1. The van der Waals surface area contributed by atoms with E-state index >= 15 is 0 Å². The summed E-state index contributed by atoms with van der Waals surface area (Å²) < 4.78 is 33.8. The van der Waals surface area contributed by atoms with Crippen LogP contribution in [-0.2, 0) is 17.1 Å². The molecule has 3 rings (SSSR count). The van der Waals surface area contributed by atoms with Gasteiger partial charge in [0.2, 0.25) is 10.0 Å². The zero-order valence-electron chi connectivity index (χ0n) is 13.8. The van der Waals surface area contributed by atoms with E-state index in [9.17, 15) is 13.2 Å². The second-order valence-electron chi connectivity index (χ2n) is 6.17. The molecule has 0 saturated carbocycles. The number of aromatic nitrogens is 1. The minimum atomic E-state index is -3.27. The van der Waals surface area contributed by atoms with Crippen LogP contribution in [0.5, 0.6) is 0 Å². The maximum Gasteiger partial charge on any atom is 0.270 e. The van der Waals surface area contributed by atoms with Crippen LogP contribution in [0.15, 0.2) is 21.2 Å². The zero-order chi connectivity index (χ0) is 17.6. The number of furan rings is 1. The van der Waals surface area contributed by atoms with Crippen molar-refractivity contribution in [1.82, 2.24) is 13.8 Å². The number of nitrogens with zero attached hydrogens (tertiary/aromatic N) is 3. The Morgan fingerprint density at radius 1 is 1.21 bits per heavy atom. The standard InChI is InChI=1S/C15H20BrN3O4S/c1-10(2)24(21,22)19-6-4-18(5-7-19)15(20)12-8-13-11(17(12)3)9-14(16)23-13/h8-10H,4-7H2,1-3H3. The number of fused-ring (bicyclic) bond motifs is 1. The molecule has 1 saturated heterocycles. The molecule has 0 bridgehead atoms. The zero-order valence-corrected chi connectivity index (χ0v) is 16.2. The molecule has 132 valence electrons. The van der Waals surface area contributed by atoms with Crippen LogP contribution in [0.4, 0.5) is 0 Å². The Bertz CT molecular complexity index is 876. The Labute approximate surface area is 149 Å². The fraction of sp³-hybridized carbons (Fsp3) is 0.533. The summed E-state index contributed by atoms with van der Waals surface area (Å²) in [5.41, 5.74) is 2.02. The van der Waals surface area contributed by atoms with Gasteiger partial charge in [0.15, 0.2) is 10.3 Å². The van der Waals surface area contributed by atoms with Crippen molar-refractivity contribution in [3.05, 3.63) is 22.5 Å². The lowest BCUT2D eigenvalue weighted by Gasteiger charge is -2.34. The van der Waals surface area contributed by atoms with Gasteiger partial charge in [0.25, 0.3) is 5.91 Å². The molecule has 24 heavy (non-hydrogen) atoms. The monoisotopic (exact) mass is 417 g/mol. The van der Waals surface area contributed by atoms with Crippen LogP contribution in [0.25, 0.3) is 11.1 Å². The summed E-state index contributed by atoms with van der Waals surface area (Å²) in [6.45, 7) is 4.78. The number of halogens is 1. The molecule has 1 aliphatic heterocycles. The quantitative estimate of drug-likeness (QED) is 0.765. The fourth-order valence-corrected chi connectivity index (χ4v) is 4.55. The molecule has 0 atom stereocenters. The number of sulfonamides is 1. The molecule has 2 aromatic heterocycles. The van der Waals surface area contributed by atoms with Crippen molar-refractivity contribution < 1.29 is 17.6 Å². The summed E-state index contributed by atoms with van der Waals surface area (Å²) in [5.74, 6) is -0.110. The topological polar surface area (TPSA) is 75.8 Å². The molecule has 0 unspecified atom stereocenters. The van der Waals surface area contributed by atoms with Gasteiger partial charge in [-0.05, 0) is 29.8 Å². The first-order chi connectivity index (χ1) is 11.2. The molecule has 1 fully saturated rings. The van der Waals surface area contributed by atoms with Gasteiger partial charge in [-0.3, -0.25) is 4.79 Å². The maximum atomic E-state index is 12.7. The lowest BCUT2D eigenvalue weighted by molar-refractivity contribution is 0.0688. The second-order valence-corrected chi connectivity index (χ2v) is 9.44. The van der Waals surface area contributed by atoms with Crippen molar-refractivity contribution in [2.24, 2.45) is 7.05 Å². The second kappa shape index (κ2) is 6.20. The van der Waals surface area contributed by atoms with E-state index in [1.54, 1.807) is 29.4 Å². The lowest BCUT2D eigenvalue weighted by atomic mass is 10.3. The van der Waals surface area contributed by atoms with Crippen molar-refractivity contribution in [3.8, 4) is 0 Å². The van der Waals surface area contributed by atoms with E-state index in [4.69, 9.17) is 4.42 Å². The van der Waals surface area contributed by atoms with E-state index in [1.165, 1.54) is 4.31 Å². The highest BCUT2D eigenvalue weighted by Crippen LogP contribution is 2.27. The highest BCUT2D eigenvalue weighted by Gasteiger charge is 2.32. The number of hydrogen-bond acceptors (Lipinski definition) is 4. The van der Waals surface area contributed by atoms with Crippen LogP contribution in [-0.4, -0.2) is 59.5 Å². The van der Waals surface area contributed by atoms with Crippen molar-refractivity contribution in [2.75, 3.05) is 26.2 Å². The first-order valence-corrected chi connectivity index (χ1v) is 10.0. The summed E-state index contributed by atoms with van der Waals surface area (Å²) in [7, 11) is -1.45. The molecule has 0 radical (unpaired) electrons.